The van der Waals surface area contributed by atoms with Gasteiger partial charge < -0.3 is 27.6 Å². The molecule has 2 aromatic carbocycles. The molecule has 0 unspecified atom stereocenters. The molecule has 0 fully saturated rings. The Balaban J connectivity index is 0.00000684. The molecule has 0 atom stereocenters. The smallest absolute Gasteiger partial charge is 0.490 e. The van der Waals surface area contributed by atoms with Gasteiger partial charge in [-0.3, -0.25) is 0 Å². The number of carbonyl (C=O) groups excluding carboxylic acids is 1. The summed E-state index contributed by atoms with van der Waals surface area (Å²) in [6.07, 6.45) is 0. The minimum Gasteiger partial charge on any atom is -0.490 e. The van der Waals surface area contributed by atoms with Crippen LogP contribution in [0.4, 0.5) is 0 Å². The van der Waals surface area contributed by atoms with Crippen LogP contribution in [0.3, 0.4) is 0 Å². The second kappa shape index (κ2) is 11.7. The van der Waals surface area contributed by atoms with E-state index >= 15 is 0 Å². The van der Waals surface area contributed by atoms with E-state index in [0.29, 0.717) is 31.1 Å². The van der Waals surface area contributed by atoms with Crippen LogP contribution in [0.1, 0.15) is 110 Å². The molecule has 37 heavy (non-hydrogen) atoms. The predicted molar refractivity (Wildman–Crippen MR) is 153 cm³/mol. The van der Waals surface area contributed by atoms with Crippen LogP contribution in [-0.4, -0.2) is 22.3 Å². The first-order chi connectivity index (χ1) is 16.1. The maximum atomic E-state index is 13.8. The van der Waals surface area contributed by atoms with Gasteiger partial charge in [-0.05, 0) is 104 Å². The van der Waals surface area contributed by atoms with Gasteiger partial charge in [0.25, 0.3) is 0 Å². The Labute approximate surface area is 239 Å². The van der Waals surface area contributed by atoms with Crippen molar-refractivity contribution in [2.75, 3.05) is 0 Å². The van der Waals surface area contributed by atoms with E-state index in [4.69, 9.17) is 14.2 Å². The van der Waals surface area contributed by atoms with Crippen LogP contribution in [0.5, 0.6) is 17.2 Å². The van der Waals surface area contributed by atoms with Crippen molar-refractivity contribution in [1.29, 1.82) is 0 Å². The maximum absolute atomic E-state index is 13.8. The summed E-state index contributed by atoms with van der Waals surface area (Å²) in [6, 6.07) is 8.03. The van der Waals surface area contributed by atoms with E-state index in [0.717, 1.165) is 16.7 Å². The Morgan fingerprint density at radius 2 is 1.03 bits per heavy atom. The van der Waals surface area contributed by atoms with Gasteiger partial charge in [-0.1, -0.05) is 32.9 Å². The number of aryl methyl sites for hydroxylation is 2. The summed E-state index contributed by atoms with van der Waals surface area (Å²) in [5.74, 6) is 1.84. The standard InChI is InChI=1S/C31H46O4P.Li/c1-19-15-21(28(3,4)5)16-20(2)25(19)27(32)36-26-23(34-30(9,10)11)17-22(33-29(6,7)8)18-24(26)35-31(12,13)14;/h15-18H,1-14H3;/q-1;+1. The Morgan fingerprint density at radius 3 is 1.35 bits per heavy atom. The van der Waals surface area contributed by atoms with Crippen molar-refractivity contribution in [3.05, 3.63) is 46.5 Å². The molecule has 0 aliphatic carbocycles. The molecule has 0 saturated carbocycles. The summed E-state index contributed by atoms with van der Waals surface area (Å²) >= 11 is 0. The van der Waals surface area contributed by atoms with Crippen molar-refractivity contribution in [1.82, 2.24) is 0 Å². The quantitative estimate of drug-likeness (QED) is 0.370. The third-order valence-corrected chi connectivity index (χ3v) is 6.19. The van der Waals surface area contributed by atoms with Gasteiger partial charge in [0.2, 0.25) is 0 Å². The van der Waals surface area contributed by atoms with Crippen LogP contribution in [0.25, 0.3) is 0 Å². The van der Waals surface area contributed by atoms with E-state index in [1.54, 1.807) is 0 Å². The summed E-state index contributed by atoms with van der Waals surface area (Å²) in [6.45, 7) is 28.6. The molecule has 0 aromatic heterocycles. The number of hydrogen-bond donors (Lipinski definition) is 0. The molecule has 0 N–H and O–H groups in total. The number of benzene rings is 2. The Kier molecular flexibility index (Phi) is 10.6. The summed E-state index contributed by atoms with van der Waals surface area (Å²) in [5.41, 5.74) is 2.66. The number of carbonyl (C=O) groups is 1. The van der Waals surface area contributed by atoms with Gasteiger partial charge in [0.1, 0.15) is 34.1 Å². The zero-order valence-electron chi connectivity index (χ0n) is 25.9. The molecular formula is C31H46LiO4P. The van der Waals surface area contributed by atoms with Crippen LogP contribution < -0.4 is 38.4 Å². The molecule has 0 spiro atoms. The van der Waals surface area contributed by atoms with Crippen molar-refractivity contribution in [3.8, 4) is 17.2 Å². The van der Waals surface area contributed by atoms with E-state index in [1.165, 1.54) is 5.56 Å². The van der Waals surface area contributed by atoms with E-state index in [2.05, 4.69) is 32.9 Å². The fraction of sp³-hybridized carbons (Fsp3) is 0.581. The van der Waals surface area contributed by atoms with Gasteiger partial charge in [0, 0.05) is 17.7 Å². The molecule has 0 saturated heterocycles. The van der Waals surface area contributed by atoms with Gasteiger partial charge in [-0.15, -0.1) is 5.30 Å². The molecule has 0 radical (unpaired) electrons. The average Bonchev–Trinajstić information content (AvgIpc) is 2.59. The van der Waals surface area contributed by atoms with Gasteiger partial charge in [0.05, 0.1) is 0 Å². The number of hydrogen-bond acceptors (Lipinski definition) is 4. The van der Waals surface area contributed by atoms with Crippen molar-refractivity contribution >= 4 is 19.4 Å². The van der Waals surface area contributed by atoms with Crippen LogP contribution in [-0.2, 0) is 5.41 Å². The molecule has 0 aliphatic rings. The normalized spacial score (nSPS) is 12.9. The Hall–Kier alpha value is -1.46. The van der Waals surface area contributed by atoms with Crippen LogP contribution >= 0.6 is 8.58 Å². The summed E-state index contributed by atoms with van der Waals surface area (Å²) in [4.78, 5) is 13.8. The molecule has 0 bridgehead atoms. The molecular weight excluding hydrogens is 474 g/mol. The molecule has 200 valence electrons. The van der Waals surface area contributed by atoms with Gasteiger partial charge in [-0.25, -0.2) is 0 Å². The van der Waals surface area contributed by atoms with Crippen LogP contribution in [0.2, 0.25) is 0 Å². The third kappa shape index (κ3) is 10.3. The van der Waals surface area contributed by atoms with Crippen molar-refractivity contribution in [2.24, 2.45) is 0 Å². The predicted octanol–water partition coefficient (Wildman–Crippen LogP) is 5.55. The van der Waals surface area contributed by atoms with Gasteiger partial charge in [0.15, 0.2) is 0 Å². The largest absolute Gasteiger partial charge is 1.00 e. The summed E-state index contributed by atoms with van der Waals surface area (Å²) in [5, 5.41) is 0.713. The second-order valence-electron chi connectivity index (χ2n) is 13.6. The van der Waals surface area contributed by atoms with E-state index < -0.39 is 16.8 Å². The average molecular weight is 521 g/mol. The van der Waals surface area contributed by atoms with Gasteiger partial charge >= 0.3 is 18.9 Å². The third-order valence-electron chi connectivity index (χ3n) is 5.10. The first-order valence-corrected chi connectivity index (χ1v) is 13.6. The first-order valence-electron chi connectivity index (χ1n) is 12.7. The number of rotatable bonds is 6. The van der Waals surface area contributed by atoms with E-state index in [1.807, 2.05) is 88.3 Å². The van der Waals surface area contributed by atoms with Gasteiger partial charge in [-0.2, -0.15) is 0 Å². The topological polar surface area (TPSA) is 44.8 Å². The summed E-state index contributed by atoms with van der Waals surface area (Å²) < 4.78 is 19.0. The Bertz CT molecular complexity index is 1050. The summed E-state index contributed by atoms with van der Waals surface area (Å²) in [7, 11) is 0.498. The van der Waals surface area contributed by atoms with E-state index in [-0.39, 0.29) is 29.8 Å². The van der Waals surface area contributed by atoms with E-state index in [9.17, 15) is 4.79 Å². The Morgan fingerprint density at radius 1 is 0.649 bits per heavy atom. The van der Waals surface area contributed by atoms with Crippen LogP contribution in [0, 0.1) is 13.8 Å². The molecule has 2 aromatic rings. The van der Waals surface area contributed by atoms with Crippen molar-refractivity contribution < 1.29 is 37.9 Å². The number of ether oxygens (including phenoxy) is 3. The molecule has 6 heteroatoms. The molecule has 0 amide bonds. The molecule has 2 rings (SSSR count). The minimum atomic E-state index is -0.465. The van der Waals surface area contributed by atoms with Crippen molar-refractivity contribution in [3.63, 3.8) is 0 Å². The second-order valence-corrected chi connectivity index (χ2v) is 14.6. The SMILES string of the molecule is Cc1cc(C(C)(C)C)cc(C)c1C(=O)[P-]c1c(OC(C)(C)C)cc(OC(C)(C)C)cc1OC(C)(C)C.[Li+]. The molecule has 4 nitrogen and oxygen atoms in total. The zero-order chi connectivity index (χ0) is 27.9. The molecule has 0 heterocycles. The minimum absolute atomic E-state index is 0. The monoisotopic (exact) mass is 520 g/mol. The fourth-order valence-corrected chi connectivity index (χ4v) is 4.90. The maximum Gasteiger partial charge on any atom is 1.00 e. The van der Waals surface area contributed by atoms with Crippen LogP contribution in [0.15, 0.2) is 24.3 Å². The first kappa shape index (κ1) is 33.6. The van der Waals surface area contributed by atoms with Crippen molar-refractivity contribution in [2.45, 2.75) is 119 Å². The zero-order valence-corrected chi connectivity index (χ0v) is 26.8. The molecule has 0 aliphatic heterocycles. The fourth-order valence-electron chi connectivity index (χ4n) is 3.79.